The second-order valence-electron chi connectivity index (χ2n) is 6.55. The van der Waals surface area contributed by atoms with Crippen molar-refractivity contribution in [3.63, 3.8) is 0 Å². The van der Waals surface area contributed by atoms with Gasteiger partial charge in [-0.3, -0.25) is 4.79 Å². The van der Waals surface area contributed by atoms with Crippen molar-refractivity contribution in [3.8, 4) is 5.75 Å². The lowest BCUT2D eigenvalue weighted by molar-refractivity contribution is -0.119. The summed E-state index contributed by atoms with van der Waals surface area (Å²) in [5, 5.41) is 3.25. The van der Waals surface area contributed by atoms with Crippen LogP contribution in [0, 0.1) is 6.92 Å². The van der Waals surface area contributed by atoms with Crippen molar-refractivity contribution in [1.29, 1.82) is 0 Å². The maximum atomic E-state index is 12.3. The molecule has 0 radical (unpaired) electrons. The van der Waals surface area contributed by atoms with Crippen LogP contribution in [0.5, 0.6) is 5.75 Å². The highest BCUT2D eigenvalue weighted by Crippen LogP contribution is 2.31. The molecule has 7 heteroatoms. The van der Waals surface area contributed by atoms with Gasteiger partial charge in [-0.2, -0.15) is 0 Å². The van der Waals surface area contributed by atoms with Crippen LogP contribution >= 0.6 is 22.9 Å². The van der Waals surface area contributed by atoms with E-state index in [4.69, 9.17) is 21.1 Å². The van der Waals surface area contributed by atoms with Crippen LogP contribution in [0.2, 0.25) is 5.02 Å². The summed E-state index contributed by atoms with van der Waals surface area (Å²) in [5.41, 5.74) is 2.54. The van der Waals surface area contributed by atoms with Gasteiger partial charge in [0, 0.05) is 16.0 Å². The van der Waals surface area contributed by atoms with E-state index in [1.165, 1.54) is 35.3 Å². The number of methoxy groups -OCH3 is 1. The number of fused-ring (bicyclic) bond motifs is 1. The largest absolute Gasteiger partial charge is 0.495 e. The number of carbonyl (C=O) groups excluding carboxylic acids is 2. The number of rotatable bonds is 5. The van der Waals surface area contributed by atoms with Gasteiger partial charge in [0.2, 0.25) is 0 Å². The Balaban J connectivity index is 1.59. The Morgan fingerprint density at radius 2 is 1.96 bits per heavy atom. The van der Waals surface area contributed by atoms with Crippen molar-refractivity contribution in [3.05, 3.63) is 44.1 Å². The van der Waals surface area contributed by atoms with E-state index in [-0.39, 0.29) is 6.61 Å². The zero-order valence-corrected chi connectivity index (χ0v) is 17.0. The number of anilines is 1. The summed E-state index contributed by atoms with van der Waals surface area (Å²) in [6.45, 7) is 1.48. The average molecular weight is 408 g/mol. The van der Waals surface area contributed by atoms with E-state index >= 15 is 0 Å². The summed E-state index contributed by atoms with van der Waals surface area (Å²) < 4.78 is 10.4. The zero-order chi connectivity index (χ0) is 19.4. The fourth-order valence-corrected chi connectivity index (χ4v) is 4.39. The normalized spacial score (nSPS) is 13.4. The number of hydrogen-bond acceptors (Lipinski definition) is 5. The molecule has 1 aromatic carbocycles. The SMILES string of the molecule is COc1cc(Cl)c(C)cc1NC(=O)COC(=O)c1cc2c(s1)CCCCC2. The van der Waals surface area contributed by atoms with Crippen LogP contribution in [0.25, 0.3) is 0 Å². The molecule has 1 heterocycles. The Morgan fingerprint density at radius 1 is 1.19 bits per heavy atom. The summed E-state index contributed by atoms with van der Waals surface area (Å²) in [5.74, 6) is -0.434. The van der Waals surface area contributed by atoms with E-state index in [0.29, 0.717) is 21.3 Å². The number of halogens is 1. The zero-order valence-electron chi connectivity index (χ0n) is 15.4. The predicted octanol–water partition coefficient (Wildman–Crippen LogP) is 4.78. The molecule has 27 heavy (non-hydrogen) atoms. The topological polar surface area (TPSA) is 64.6 Å². The lowest BCUT2D eigenvalue weighted by Gasteiger charge is -2.12. The monoisotopic (exact) mass is 407 g/mol. The number of nitrogens with one attached hydrogen (secondary N) is 1. The molecule has 0 atom stereocenters. The number of ether oxygens (including phenoxy) is 2. The Kier molecular flexibility index (Phi) is 6.39. The van der Waals surface area contributed by atoms with E-state index in [0.717, 1.165) is 31.2 Å². The minimum atomic E-state index is -0.456. The molecular formula is C20H22ClNO4S. The van der Waals surface area contributed by atoms with Crippen molar-refractivity contribution in [2.75, 3.05) is 19.0 Å². The lowest BCUT2D eigenvalue weighted by Crippen LogP contribution is -2.21. The molecule has 144 valence electrons. The van der Waals surface area contributed by atoms with Gasteiger partial charge in [0.15, 0.2) is 6.61 Å². The first-order chi connectivity index (χ1) is 13.0. The molecule has 1 amide bonds. The molecule has 0 saturated heterocycles. The third-order valence-electron chi connectivity index (χ3n) is 4.54. The lowest BCUT2D eigenvalue weighted by atomic mass is 10.1. The standard InChI is InChI=1S/C20H22ClNO4S/c1-12-8-15(16(25-2)10-14(12)21)22-19(23)11-26-20(24)18-9-13-6-4-3-5-7-17(13)27-18/h8-10H,3-7,11H2,1-2H3,(H,22,23). The van der Waals surface area contributed by atoms with Gasteiger partial charge < -0.3 is 14.8 Å². The quantitative estimate of drug-likeness (QED) is 0.572. The van der Waals surface area contributed by atoms with Gasteiger partial charge >= 0.3 is 5.97 Å². The summed E-state index contributed by atoms with van der Waals surface area (Å²) >= 11 is 7.55. The Bertz CT molecular complexity index is 838. The smallest absolute Gasteiger partial charge is 0.348 e. The second-order valence-corrected chi connectivity index (χ2v) is 8.09. The van der Waals surface area contributed by atoms with Crippen molar-refractivity contribution in [2.24, 2.45) is 0 Å². The second kappa shape index (κ2) is 8.76. The van der Waals surface area contributed by atoms with Gasteiger partial charge in [0.1, 0.15) is 10.6 Å². The van der Waals surface area contributed by atoms with E-state index in [1.54, 1.807) is 12.1 Å². The highest BCUT2D eigenvalue weighted by atomic mass is 35.5. The number of hydrogen-bond donors (Lipinski definition) is 1. The first-order valence-corrected chi connectivity index (χ1v) is 10.1. The third kappa shape index (κ3) is 4.82. The first kappa shape index (κ1) is 19.7. The summed E-state index contributed by atoms with van der Waals surface area (Å²) in [6.07, 6.45) is 5.57. The molecule has 1 aliphatic rings. The van der Waals surface area contributed by atoms with E-state index in [2.05, 4.69) is 5.32 Å². The van der Waals surface area contributed by atoms with Crippen LogP contribution in [-0.4, -0.2) is 25.6 Å². The molecule has 0 spiro atoms. The molecule has 1 aromatic heterocycles. The van der Waals surface area contributed by atoms with Crippen LogP contribution in [0.15, 0.2) is 18.2 Å². The Morgan fingerprint density at radius 3 is 2.74 bits per heavy atom. The van der Waals surface area contributed by atoms with Crippen molar-refractivity contribution in [1.82, 2.24) is 0 Å². The molecule has 1 N–H and O–H groups in total. The Hall–Kier alpha value is -2.05. The fourth-order valence-electron chi connectivity index (χ4n) is 3.09. The number of benzene rings is 1. The van der Waals surface area contributed by atoms with Crippen molar-refractivity contribution >= 4 is 40.5 Å². The third-order valence-corrected chi connectivity index (χ3v) is 6.16. The molecule has 2 aromatic rings. The molecule has 0 bridgehead atoms. The number of aryl methyl sites for hydroxylation is 3. The average Bonchev–Trinajstić information content (AvgIpc) is 2.93. The van der Waals surface area contributed by atoms with Gasteiger partial charge in [-0.1, -0.05) is 18.0 Å². The molecular weight excluding hydrogens is 386 g/mol. The van der Waals surface area contributed by atoms with Gasteiger partial charge in [-0.05, 0) is 55.9 Å². The van der Waals surface area contributed by atoms with Crippen LogP contribution in [0.3, 0.4) is 0 Å². The van der Waals surface area contributed by atoms with Gasteiger partial charge in [-0.15, -0.1) is 11.3 Å². The van der Waals surface area contributed by atoms with Crippen molar-refractivity contribution in [2.45, 2.75) is 39.0 Å². The summed E-state index contributed by atoms with van der Waals surface area (Å²) in [6, 6.07) is 5.27. The van der Waals surface area contributed by atoms with Gasteiger partial charge in [0.25, 0.3) is 5.91 Å². The molecule has 5 nitrogen and oxygen atoms in total. The van der Waals surface area contributed by atoms with Gasteiger partial charge in [-0.25, -0.2) is 4.79 Å². The van der Waals surface area contributed by atoms with Crippen LogP contribution in [0.4, 0.5) is 5.69 Å². The minimum Gasteiger partial charge on any atom is -0.495 e. The van der Waals surface area contributed by atoms with Crippen LogP contribution < -0.4 is 10.1 Å². The minimum absolute atomic E-state index is 0.355. The highest BCUT2D eigenvalue weighted by Gasteiger charge is 2.19. The molecule has 0 aliphatic heterocycles. The predicted molar refractivity (Wildman–Crippen MR) is 107 cm³/mol. The number of esters is 1. The molecule has 0 unspecified atom stereocenters. The number of carbonyl (C=O) groups is 2. The molecule has 1 aliphatic carbocycles. The number of amides is 1. The summed E-state index contributed by atoms with van der Waals surface area (Å²) in [4.78, 5) is 26.3. The first-order valence-electron chi connectivity index (χ1n) is 8.90. The molecule has 0 fully saturated rings. The van der Waals surface area contributed by atoms with E-state index in [9.17, 15) is 9.59 Å². The van der Waals surface area contributed by atoms with E-state index < -0.39 is 11.9 Å². The Labute approximate surface area is 167 Å². The number of thiophene rings is 1. The van der Waals surface area contributed by atoms with Crippen molar-refractivity contribution < 1.29 is 19.1 Å². The van der Waals surface area contributed by atoms with Crippen LogP contribution in [-0.2, 0) is 22.4 Å². The van der Waals surface area contributed by atoms with Crippen LogP contribution in [0.1, 0.15) is 44.9 Å². The maximum absolute atomic E-state index is 12.3. The maximum Gasteiger partial charge on any atom is 0.348 e. The van der Waals surface area contributed by atoms with E-state index in [1.807, 2.05) is 13.0 Å². The summed E-state index contributed by atoms with van der Waals surface area (Å²) in [7, 11) is 1.50. The molecule has 0 saturated carbocycles. The fraction of sp³-hybridized carbons (Fsp3) is 0.400. The van der Waals surface area contributed by atoms with Gasteiger partial charge in [0.05, 0.1) is 12.8 Å². The molecule has 3 rings (SSSR count). The highest BCUT2D eigenvalue weighted by molar-refractivity contribution is 7.14.